The molecule has 1 N–H and O–H groups in total. The number of hydrogen-bond donors (Lipinski definition) is 1. The van der Waals surface area contributed by atoms with Crippen LogP contribution in [0.2, 0.25) is 0 Å². The number of carbonyl (C=O) groups is 1. The van der Waals surface area contributed by atoms with Gasteiger partial charge in [-0.2, -0.15) is 0 Å². The summed E-state index contributed by atoms with van der Waals surface area (Å²) in [6.07, 6.45) is 1.45. The first kappa shape index (κ1) is 17.5. The molecule has 1 saturated heterocycles. The molecule has 7 heteroatoms. The molecular formula is C16H22FNO5. The van der Waals surface area contributed by atoms with Gasteiger partial charge in [-0.3, -0.25) is 0 Å². The Morgan fingerprint density at radius 2 is 1.87 bits per heavy atom. The highest BCUT2D eigenvalue weighted by Gasteiger charge is 2.28. The van der Waals surface area contributed by atoms with Gasteiger partial charge < -0.3 is 24.2 Å². The number of aromatic carboxylic acids is 1. The van der Waals surface area contributed by atoms with Gasteiger partial charge in [-0.25, -0.2) is 9.18 Å². The minimum Gasteiger partial charge on any atom is -0.496 e. The number of anilines is 1. The number of carboxylic acids is 1. The number of methoxy groups -OCH3 is 3. The smallest absolute Gasteiger partial charge is 0.342 e. The number of nitrogens with zero attached hydrogens (tertiary/aromatic N) is 1. The number of hydrogen-bond acceptors (Lipinski definition) is 5. The number of halogens is 1. The molecule has 1 aliphatic heterocycles. The lowest BCUT2D eigenvalue weighted by Gasteiger charge is -2.36. The molecule has 23 heavy (non-hydrogen) atoms. The molecule has 1 fully saturated rings. The van der Waals surface area contributed by atoms with Crippen molar-refractivity contribution in [2.45, 2.75) is 19.1 Å². The molecule has 0 amide bonds. The molecule has 128 valence electrons. The van der Waals surface area contributed by atoms with Crippen LogP contribution >= 0.6 is 0 Å². The lowest BCUT2D eigenvalue weighted by molar-refractivity contribution is -0.141. The van der Waals surface area contributed by atoms with Crippen molar-refractivity contribution in [2.75, 3.05) is 39.3 Å². The normalized spacial score (nSPS) is 16.0. The van der Waals surface area contributed by atoms with Crippen LogP contribution in [0.3, 0.4) is 0 Å². The lowest BCUT2D eigenvalue weighted by Crippen LogP contribution is -2.39. The van der Waals surface area contributed by atoms with Crippen molar-refractivity contribution in [1.82, 2.24) is 0 Å². The van der Waals surface area contributed by atoms with Crippen LogP contribution in [0.5, 0.6) is 5.75 Å². The summed E-state index contributed by atoms with van der Waals surface area (Å²) in [7, 11) is 4.57. The van der Waals surface area contributed by atoms with Crippen LogP contribution in [0.1, 0.15) is 23.2 Å². The number of benzene rings is 1. The molecule has 0 saturated carbocycles. The van der Waals surface area contributed by atoms with Gasteiger partial charge in [-0.1, -0.05) is 0 Å². The molecule has 0 atom stereocenters. The SMILES string of the molecule is COc1cc(N2CCC(C(OC)OC)CC2)cc(F)c1C(=O)O. The predicted octanol–water partition coefficient (Wildman–Crippen LogP) is 2.37. The van der Waals surface area contributed by atoms with E-state index in [1.165, 1.54) is 13.2 Å². The van der Waals surface area contributed by atoms with Crippen molar-refractivity contribution < 1.29 is 28.5 Å². The second-order valence-corrected chi connectivity index (χ2v) is 5.47. The van der Waals surface area contributed by atoms with Crippen molar-refractivity contribution in [3.8, 4) is 5.75 Å². The van der Waals surface area contributed by atoms with Gasteiger partial charge in [-0.15, -0.1) is 0 Å². The largest absolute Gasteiger partial charge is 0.496 e. The van der Waals surface area contributed by atoms with E-state index in [-0.39, 0.29) is 18.0 Å². The third-order valence-electron chi connectivity index (χ3n) is 4.23. The Morgan fingerprint density at radius 1 is 1.26 bits per heavy atom. The summed E-state index contributed by atoms with van der Waals surface area (Å²) in [6, 6.07) is 2.81. The van der Waals surface area contributed by atoms with E-state index in [9.17, 15) is 9.18 Å². The van der Waals surface area contributed by atoms with Gasteiger partial charge in [-0.05, 0) is 18.9 Å². The Labute approximate surface area is 134 Å². The number of ether oxygens (including phenoxy) is 3. The fraction of sp³-hybridized carbons (Fsp3) is 0.562. The molecule has 1 aromatic carbocycles. The molecule has 0 bridgehead atoms. The van der Waals surface area contributed by atoms with Crippen LogP contribution in [0.15, 0.2) is 12.1 Å². The average Bonchev–Trinajstić information content (AvgIpc) is 2.55. The first-order valence-corrected chi connectivity index (χ1v) is 7.43. The van der Waals surface area contributed by atoms with E-state index in [0.29, 0.717) is 18.8 Å². The maximum absolute atomic E-state index is 14.1. The summed E-state index contributed by atoms with van der Waals surface area (Å²) in [5.41, 5.74) is 0.180. The van der Waals surface area contributed by atoms with E-state index in [2.05, 4.69) is 0 Å². The zero-order chi connectivity index (χ0) is 17.0. The summed E-state index contributed by atoms with van der Waals surface area (Å²) >= 11 is 0. The Bertz CT molecular complexity index is 554. The minimum atomic E-state index is -1.34. The maximum Gasteiger partial charge on any atom is 0.342 e. The first-order chi connectivity index (χ1) is 11.0. The van der Waals surface area contributed by atoms with Gasteiger partial charge in [0.2, 0.25) is 0 Å². The van der Waals surface area contributed by atoms with Gasteiger partial charge in [0.05, 0.1) is 7.11 Å². The van der Waals surface area contributed by atoms with E-state index < -0.39 is 17.3 Å². The molecular weight excluding hydrogens is 305 g/mol. The summed E-state index contributed by atoms with van der Waals surface area (Å²) in [5.74, 6) is -1.82. The molecule has 0 spiro atoms. The van der Waals surface area contributed by atoms with Crippen molar-refractivity contribution in [1.29, 1.82) is 0 Å². The Balaban J connectivity index is 2.15. The monoisotopic (exact) mass is 327 g/mol. The molecule has 0 aromatic heterocycles. The maximum atomic E-state index is 14.1. The summed E-state index contributed by atoms with van der Waals surface area (Å²) in [5, 5.41) is 9.07. The molecule has 0 unspecified atom stereocenters. The van der Waals surface area contributed by atoms with E-state index in [4.69, 9.17) is 19.3 Å². The van der Waals surface area contributed by atoms with Gasteiger partial charge in [0.1, 0.15) is 17.1 Å². The highest BCUT2D eigenvalue weighted by atomic mass is 19.1. The van der Waals surface area contributed by atoms with Crippen molar-refractivity contribution in [2.24, 2.45) is 5.92 Å². The molecule has 2 rings (SSSR count). The van der Waals surface area contributed by atoms with Gasteiger partial charge in [0, 0.05) is 45.0 Å². The number of carboxylic acid groups (broad SMARTS) is 1. The summed E-state index contributed by atoms with van der Waals surface area (Å²) < 4.78 is 29.7. The Morgan fingerprint density at radius 3 is 2.35 bits per heavy atom. The Kier molecular flexibility index (Phi) is 5.79. The van der Waals surface area contributed by atoms with E-state index in [0.717, 1.165) is 12.8 Å². The molecule has 0 radical (unpaired) electrons. The van der Waals surface area contributed by atoms with Crippen LogP contribution in [0, 0.1) is 11.7 Å². The van der Waals surface area contributed by atoms with Crippen LogP contribution in [0.25, 0.3) is 0 Å². The quantitative estimate of drug-likeness (QED) is 0.809. The van der Waals surface area contributed by atoms with Crippen LogP contribution in [0.4, 0.5) is 10.1 Å². The average molecular weight is 327 g/mol. The van der Waals surface area contributed by atoms with Crippen LogP contribution < -0.4 is 9.64 Å². The summed E-state index contributed by atoms with van der Waals surface area (Å²) in [6.45, 7) is 1.42. The standard InChI is InChI=1S/C16H22FNO5/c1-21-13-9-11(8-12(17)14(13)15(19)20)18-6-4-10(5-7-18)16(22-2)23-3/h8-10,16H,4-7H2,1-3H3,(H,19,20). The fourth-order valence-corrected chi connectivity index (χ4v) is 3.03. The molecule has 6 nitrogen and oxygen atoms in total. The number of piperidine rings is 1. The van der Waals surface area contributed by atoms with E-state index in [1.807, 2.05) is 4.90 Å². The third kappa shape index (κ3) is 3.73. The first-order valence-electron chi connectivity index (χ1n) is 7.43. The topological polar surface area (TPSA) is 68.2 Å². The second kappa shape index (κ2) is 7.61. The molecule has 1 heterocycles. The predicted molar refractivity (Wildman–Crippen MR) is 82.7 cm³/mol. The second-order valence-electron chi connectivity index (χ2n) is 5.47. The van der Waals surface area contributed by atoms with Crippen molar-refractivity contribution in [3.63, 3.8) is 0 Å². The minimum absolute atomic E-state index is 0.0290. The fourth-order valence-electron chi connectivity index (χ4n) is 3.03. The van der Waals surface area contributed by atoms with E-state index in [1.54, 1.807) is 20.3 Å². The van der Waals surface area contributed by atoms with Crippen LogP contribution in [-0.4, -0.2) is 51.8 Å². The zero-order valence-corrected chi connectivity index (χ0v) is 13.5. The molecule has 0 aliphatic carbocycles. The third-order valence-corrected chi connectivity index (χ3v) is 4.23. The van der Waals surface area contributed by atoms with E-state index >= 15 is 0 Å². The Hall–Kier alpha value is -1.86. The van der Waals surface area contributed by atoms with Crippen molar-refractivity contribution in [3.05, 3.63) is 23.5 Å². The van der Waals surface area contributed by atoms with Crippen molar-refractivity contribution >= 4 is 11.7 Å². The number of rotatable bonds is 6. The highest BCUT2D eigenvalue weighted by molar-refractivity contribution is 5.92. The lowest BCUT2D eigenvalue weighted by atomic mass is 9.95. The highest BCUT2D eigenvalue weighted by Crippen LogP contribution is 2.32. The van der Waals surface area contributed by atoms with Crippen LogP contribution in [-0.2, 0) is 9.47 Å². The molecule has 1 aliphatic rings. The van der Waals surface area contributed by atoms with Gasteiger partial charge in [0.25, 0.3) is 0 Å². The zero-order valence-electron chi connectivity index (χ0n) is 13.5. The van der Waals surface area contributed by atoms with Gasteiger partial charge >= 0.3 is 5.97 Å². The van der Waals surface area contributed by atoms with Gasteiger partial charge in [0.15, 0.2) is 6.29 Å². The summed E-state index contributed by atoms with van der Waals surface area (Å²) in [4.78, 5) is 13.1. The molecule has 1 aromatic rings.